The fourth-order valence-electron chi connectivity index (χ4n) is 5.58. The molecule has 6 rings (SSSR count). The van der Waals surface area contributed by atoms with Gasteiger partial charge in [-0.3, -0.25) is 14.4 Å². The number of hydrogen-bond acceptors (Lipinski definition) is 4. The molecule has 174 valence electrons. The third-order valence-corrected chi connectivity index (χ3v) is 7.57. The van der Waals surface area contributed by atoms with Gasteiger partial charge >= 0.3 is 0 Å². The highest BCUT2D eigenvalue weighted by molar-refractivity contribution is 6.37. The Morgan fingerprint density at radius 3 is 2.37 bits per heavy atom. The zero-order valence-electron chi connectivity index (χ0n) is 18.1. The molecule has 3 aliphatic heterocycles. The first kappa shape index (κ1) is 22.0. The van der Waals surface area contributed by atoms with Crippen molar-refractivity contribution in [1.82, 2.24) is 4.90 Å². The van der Waals surface area contributed by atoms with Crippen molar-refractivity contribution in [3.8, 4) is 0 Å². The van der Waals surface area contributed by atoms with E-state index in [0.29, 0.717) is 5.02 Å². The van der Waals surface area contributed by atoms with Gasteiger partial charge in [-0.05, 0) is 47.5 Å². The van der Waals surface area contributed by atoms with Gasteiger partial charge in [0.2, 0.25) is 11.8 Å². The van der Waals surface area contributed by atoms with Crippen molar-refractivity contribution >= 4 is 52.6 Å². The maximum Gasteiger partial charge on any atom is 0.240 e. The average molecular weight is 507 g/mol. The highest BCUT2D eigenvalue weighted by Gasteiger charge is 2.64. The van der Waals surface area contributed by atoms with Gasteiger partial charge in [0, 0.05) is 16.8 Å². The SMILES string of the molecule is O=C(c1ccc(Cl)cc1Cl)[C@@H]1[C@@H]2C(=O)N(c3ccccc3F)C(=O)[C@H]2[C@H]2c3ccccc3C=CN12. The number of halogens is 3. The van der Waals surface area contributed by atoms with Gasteiger partial charge in [-0.25, -0.2) is 9.29 Å². The summed E-state index contributed by atoms with van der Waals surface area (Å²) in [6.45, 7) is 0. The van der Waals surface area contributed by atoms with E-state index in [4.69, 9.17) is 23.2 Å². The summed E-state index contributed by atoms with van der Waals surface area (Å²) < 4.78 is 14.7. The topological polar surface area (TPSA) is 57.7 Å². The Balaban J connectivity index is 1.52. The highest BCUT2D eigenvalue weighted by atomic mass is 35.5. The van der Waals surface area contributed by atoms with E-state index in [9.17, 15) is 18.8 Å². The summed E-state index contributed by atoms with van der Waals surface area (Å²) >= 11 is 12.4. The molecule has 8 heteroatoms. The Kier molecular flexibility index (Phi) is 5.06. The second-order valence-electron chi connectivity index (χ2n) is 8.78. The molecule has 3 aromatic rings. The Morgan fingerprint density at radius 2 is 1.60 bits per heavy atom. The highest BCUT2D eigenvalue weighted by Crippen LogP contribution is 2.54. The van der Waals surface area contributed by atoms with Crippen LogP contribution in [-0.2, 0) is 9.59 Å². The lowest BCUT2D eigenvalue weighted by atomic mass is 9.83. The van der Waals surface area contributed by atoms with Crippen molar-refractivity contribution in [2.45, 2.75) is 12.1 Å². The Bertz CT molecular complexity index is 1460. The molecule has 2 amide bonds. The number of para-hydroxylation sites is 1. The minimum Gasteiger partial charge on any atom is -0.358 e. The third kappa shape index (κ3) is 3.17. The van der Waals surface area contributed by atoms with Crippen molar-refractivity contribution in [3.05, 3.63) is 105 Å². The van der Waals surface area contributed by atoms with Gasteiger partial charge in [0.05, 0.1) is 28.6 Å². The number of ketones is 1. The lowest BCUT2D eigenvalue weighted by Crippen LogP contribution is -2.44. The van der Waals surface area contributed by atoms with E-state index in [0.717, 1.165) is 16.0 Å². The zero-order chi connectivity index (χ0) is 24.4. The third-order valence-electron chi connectivity index (χ3n) is 7.02. The molecule has 3 aromatic carbocycles. The van der Waals surface area contributed by atoms with E-state index in [1.807, 2.05) is 30.3 Å². The van der Waals surface area contributed by atoms with Gasteiger partial charge in [0.25, 0.3) is 0 Å². The van der Waals surface area contributed by atoms with Gasteiger partial charge in [0.1, 0.15) is 11.9 Å². The molecule has 0 radical (unpaired) electrons. The minimum absolute atomic E-state index is 0.112. The van der Waals surface area contributed by atoms with E-state index in [2.05, 4.69) is 0 Å². The molecule has 0 aromatic heterocycles. The van der Waals surface area contributed by atoms with Gasteiger partial charge in [-0.2, -0.15) is 0 Å². The van der Waals surface area contributed by atoms with Crippen LogP contribution in [0.3, 0.4) is 0 Å². The molecular formula is C27H17Cl2FN2O3. The van der Waals surface area contributed by atoms with Crippen LogP contribution in [-0.4, -0.2) is 28.5 Å². The molecule has 5 nitrogen and oxygen atoms in total. The molecule has 0 unspecified atom stereocenters. The second-order valence-corrected chi connectivity index (χ2v) is 9.63. The number of imide groups is 1. The second kappa shape index (κ2) is 8.04. The predicted molar refractivity (Wildman–Crippen MR) is 131 cm³/mol. The largest absolute Gasteiger partial charge is 0.358 e. The van der Waals surface area contributed by atoms with Crippen molar-refractivity contribution in [2.24, 2.45) is 11.8 Å². The number of amides is 2. The lowest BCUT2D eigenvalue weighted by molar-refractivity contribution is -0.123. The van der Waals surface area contributed by atoms with Crippen LogP contribution in [0.5, 0.6) is 0 Å². The Labute approximate surface area is 210 Å². The Morgan fingerprint density at radius 1 is 0.886 bits per heavy atom. The first-order valence-electron chi connectivity index (χ1n) is 11.0. The van der Waals surface area contributed by atoms with Gasteiger partial charge in [0.15, 0.2) is 5.78 Å². The monoisotopic (exact) mass is 506 g/mol. The van der Waals surface area contributed by atoms with Crippen molar-refractivity contribution in [3.63, 3.8) is 0 Å². The molecule has 3 aliphatic rings. The molecule has 0 N–H and O–H groups in total. The number of nitrogens with zero attached hydrogens (tertiary/aromatic N) is 2. The van der Waals surface area contributed by atoms with E-state index < -0.39 is 47.3 Å². The maximum absolute atomic E-state index is 14.7. The summed E-state index contributed by atoms with van der Waals surface area (Å²) in [5, 5.41) is 0.532. The van der Waals surface area contributed by atoms with Crippen LogP contribution < -0.4 is 4.90 Å². The number of anilines is 1. The quantitative estimate of drug-likeness (QED) is 0.346. The van der Waals surface area contributed by atoms with Crippen LogP contribution in [0.4, 0.5) is 10.1 Å². The summed E-state index contributed by atoms with van der Waals surface area (Å²) in [5.41, 5.74) is 1.82. The van der Waals surface area contributed by atoms with Gasteiger partial charge < -0.3 is 4.90 Å². The average Bonchev–Trinajstić information content (AvgIpc) is 3.32. The molecule has 3 heterocycles. The summed E-state index contributed by atoms with van der Waals surface area (Å²) in [4.78, 5) is 44.1. The smallest absolute Gasteiger partial charge is 0.240 e. The number of Topliss-reactive ketones (excluding diaryl/α,β-unsaturated/α-hetero) is 1. The number of hydrogen-bond donors (Lipinski definition) is 0. The van der Waals surface area contributed by atoms with Gasteiger partial charge in [-0.15, -0.1) is 0 Å². The van der Waals surface area contributed by atoms with Gasteiger partial charge in [-0.1, -0.05) is 59.6 Å². The predicted octanol–water partition coefficient (Wildman–Crippen LogP) is 5.53. The fourth-order valence-corrected chi connectivity index (χ4v) is 6.08. The number of carbonyl (C=O) groups excluding carboxylic acids is 3. The number of fused-ring (bicyclic) bond motifs is 5. The molecule has 0 spiro atoms. The van der Waals surface area contributed by atoms with Crippen LogP contribution in [0.25, 0.3) is 6.08 Å². The van der Waals surface area contributed by atoms with Crippen LogP contribution in [0.1, 0.15) is 27.5 Å². The summed E-state index contributed by atoms with van der Waals surface area (Å²) in [7, 11) is 0. The van der Waals surface area contributed by atoms with Crippen LogP contribution in [0, 0.1) is 17.7 Å². The van der Waals surface area contributed by atoms with Crippen molar-refractivity contribution in [2.75, 3.05) is 4.90 Å². The van der Waals surface area contributed by atoms with E-state index in [1.54, 1.807) is 23.2 Å². The molecule has 2 fully saturated rings. The first-order chi connectivity index (χ1) is 16.9. The molecule has 4 atom stereocenters. The number of benzene rings is 3. The van der Waals surface area contributed by atoms with Crippen LogP contribution in [0.2, 0.25) is 10.0 Å². The van der Waals surface area contributed by atoms with E-state index in [-0.39, 0.29) is 16.3 Å². The molecular weight excluding hydrogens is 490 g/mol. The Hall–Kier alpha value is -3.48. The molecule has 2 saturated heterocycles. The van der Waals surface area contributed by atoms with Crippen molar-refractivity contribution < 1.29 is 18.8 Å². The molecule has 35 heavy (non-hydrogen) atoms. The number of carbonyl (C=O) groups is 3. The fraction of sp³-hybridized carbons (Fsp3) is 0.148. The normalized spacial score (nSPS) is 24.4. The maximum atomic E-state index is 14.7. The summed E-state index contributed by atoms with van der Waals surface area (Å²) in [5.74, 6) is -4.09. The van der Waals surface area contributed by atoms with Crippen LogP contribution in [0.15, 0.2) is 72.9 Å². The van der Waals surface area contributed by atoms with E-state index in [1.165, 1.54) is 30.3 Å². The molecule has 0 saturated carbocycles. The standard InChI is InChI=1S/C27H17Cl2FN2O3/c28-15-9-10-17(18(29)13-15)25(33)24-22-21(23-16-6-2-1-5-14(16)11-12-31(23)24)26(34)32(27(22)35)20-8-4-3-7-19(20)30/h1-13,21-24H/t21-,22-,23-,24+/m1/s1. The van der Waals surface area contributed by atoms with Crippen LogP contribution >= 0.6 is 23.2 Å². The van der Waals surface area contributed by atoms with Crippen molar-refractivity contribution in [1.29, 1.82) is 0 Å². The first-order valence-corrected chi connectivity index (χ1v) is 11.8. The van der Waals surface area contributed by atoms with E-state index >= 15 is 0 Å². The lowest BCUT2D eigenvalue weighted by Gasteiger charge is -2.35. The minimum atomic E-state index is -1.01. The molecule has 0 aliphatic carbocycles. The zero-order valence-corrected chi connectivity index (χ0v) is 19.6. The summed E-state index contributed by atoms with van der Waals surface area (Å²) in [6, 6.07) is 16.2. The number of rotatable bonds is 3. The summed E-state index contributed by atoms with van der Waals surface area (Å²) in [6.07, 6.45) is 3.62. The molecule has 0 bridgehead atoms.